The van der Waals surface area contributed by atoms with E-state index in [2.05, 4.69) is 5.32 Å². The van der Waals surface area contributed by atoms with E-state index in [4.69, 9.17) is 16.3 Å². The Labute approximate surface area is 178 Å². The van der Waals surface area contributed by atoms with Crippen LogP contribution >= 0.6 is 11.6 Å². The highest BCUT2D eigenvalue weighted by atomic mass is 35.5. The molecule has 6 nitrogen and oxygen atoms in total. The number of amides is 2. The second kappa shape index (κ2) is 8.92. The Morgan fingerprint density at radius 3 is 2.24 bits per heavy atom. The van der Waals surface area contributed by atoms with E-state index in [9.17, 15) is 14.7 Å². The zero-order valence-electron chi connectivity index (χ0n) is 18.2. The first-order valence-corrected chi connectivity index (χ1v) is 10.5. The van der Waals surface area contributed by atoms with Crippen LogP contribution in [-0.2, 0) is 15.1 Å². The van der Waals surface area contributed by atoms with Gasteiger partial charge in [0.15, 0.2) is 0 Å². The minimum absolute atomic E-state index is 0.0950. The Hall–Kier alpha value is -1.79. The van der Waals surface area contributed by atoms with Gasteiger partial charge in [0.1, 0.15) is 6.04 Å². The van der Waals surface area contributed by atoms with Gasteiger partial charge < -0.3 is 20.1 Å². The molecular weight excluding hydrogens is 392 g/mol. The summed E-state index contributed by atoms with van der Waals surface area (Å²) in [5.41, 5.74) is -0.876. The van der Waals surface area contributed by atoms with E-state index < -0.39 is 23.2 Å². The lowest BCUT2D eigenvalue weighted by Crippen LogP contribution is -2.60. The molecule has 7 heteroatoms. The van der Waals surface area contributed by atoms with Gasteiger partial charge in [-0.3, -0.25) is 4.79 Å². The van der Waals surface area contributed by atoms with Gasteiger partial charge in [0.05, 0.1) is 11.7 Å². The van der Waals surface area contributed by atoms with Crippen LogP contribution in [0, 0.1) is 11.3 Å². The monoisotopic (exact) mass is 424 g/mol. The van der Waals surface area contributed by atoms with Crippen molar-refractivity contribution in [3.8, 4) is 0 Å². The van der Waals surface area contributed by atoms with Crippen LogP contribution in [0.4, 0.5) is 4.79 Å². The third-order valence-corrected chi connectivity index (χ3v) is 5.88. The molecule has 0 spiro atoms. The van der Waals surface area contributed by atoms with E-state index in [1.807, 2.05) is 39.8 Å². The fraction of sp³-hybridized carbons (Fsp3) is 0.636. The minimum Gasteiger partial charge on any atom is -0.447 e. The highest BCUT2D eigenvalue weighted by Gasteiger charge is 2.50. The average molecular weight is 425 g/mol. The second-order valence-electron chi connectivity index (χ2n) is 9.08. The summed E-state index contributed by atoms with van der Waals surface area (Å²) in [4.78, 5) is 27.0. The molecule has 0 aliphatic carbocycles. The highest BCUT2D eigenvalue weighted by Crippen LogP contribution is 2.46. The van der Waals surface area contributed by atoms with E-state index in [-0.39, 0.29) is 17.9 Å². The number of piperidine rings is 1. The summed E-state index contributed by atoms with van der Waals surface area (Å²) in [5, 5.41) is 14.8. The standard InChI is InChI=1S/C22H33ClN2O4/c1-14(2)18(24-20(27)29-15(3)4)19(26)25-12-11-22(28,21(5,6)13-25)16-7-9-17(23)10-8-16/h7-10,14-15,18,28H,11-13H2,1-6H3,(H,24,27)/t18-,22+/m1/s1. The minimum atomic E-state index is -1.08. The Morgan fingerprint density at radius 2 is 1.76 bits per heavy atom. The maximum Gasteiger partial charge on any atom is 0.408 e. The molecule has 1 fully saturated rings. The molecule has 29 heavy (non-hydrogen) atoms. The molecule has 162 valence electrons. The van der Waals surface area contributed by atoms with Crippen molar-refractivity contribution in [2.24, 2.45) is 11.3 Å². The number of hydrogen-bond acceptors (Lipinski definition) is 4. The second-order valence-corrected chi connectivity index (χ2v) is 9.52. The van der Waals surface area contributed by atoms with Gasteiger partial charge in [0.2, 0.25) is 5.91 Å². The van der Waals surface area contributed by atoms with Crippen molar-refractivity contribution >= 4 is 23.6 Å². The molecule has 1 aliphatic heterocycles. The summed E-state index contributed by atoms with van der Waals surface area (Å²) in [6.45, 7) is 12.0. The number of carbonyl (C=O) groups excluding carboxylic acids is 2. The van der Waals surface area contributed by atoms with Gasteiger partial charge in [0, 0.05) is 23.5 Å². The predicted molar refractivity (Wildman–Crippen MR) is 114 cm³/mol. The third-order valence-electron chi connectivity index (χ3n) is 5.63. The molecule has 1 saturated heterocycles. The van der Waals surface area contributed by atoms with Crippen molar-refractivity contribution in [1.82, 2.24) is 10.2 Å². The fourth-order valence-corrected chi connectivity index (χ4v) is 3.98. The van der Waals surface area contributed by atoms with E-state index in [0.29, 0.717) is 24.5 Å². The van der Waals surface area contributed by atoms with Crippen LogP contribution in [0.3, 0.4) is 0 Å². The number of likely N-dealkylation sites (tertiary alicyclic amines) is 1. The van der Waals surface area contributed by atoms with E-state index >= 15 is 0 Å². The van der Waals surface area contributed by atoms with E-state index in [1.54, 1.807) is 30.9 Å². The van der Waals surface area contributed by atoms with Crippen molar-refractivity contribution in [2.75, 3.05) is 13.1 Å². The van der Waals surface area contributed by atoms with Gasteiger partial charge >= 0.3 is 6.09 Å². The fourth-order valence-electron chi connectivity index (χ4n) is 3.86. The average Bonchev–Trinajstić information content (AvgIpc) is 2.61. The molecule has 2 atom stereocenters. The summed E-state index contributed by atoms with van der Waals surface area (Å²) in [7, 11) is 0. The first-order chi connectivity index (χ1) is 13.4. The van der Waals surface area contributed by atoms with Gasteiger partial charge in [-0.2, -0.15) is 0 Å². The summed E-state index contributed by atoms with van der Waals surface area (Å²) >= 11 is 5.99. The predicted octanol–water partition coefficient (Wildman–Crippen LogP) is 3.95. The number of nitrogens with zero attached hydrogens (tertiary/aromatic N) is 1. The van der Waals surface area contributed by atoms with Crippen LogP contribution in [0.15, 0.2) is 24.3 Å². The van der Waals surface area contributed by atoms with Crippen molar-refractivity contribution in [3.05, 3.63) is 34.9 Å². The maximum atomic E-state index is 13.2. The maximum absolute atomic E-state index is 13.2. The van der Waals surface area contributed by atoms with Crippen molar-refractivity contribution < 1.29 is 19.4 Å². The first kappa shape index (κ1) is 23.5. The number of carbonyl (C=O) groups is 2. The van der Waals surface area contributed by atoms with Crippen molar-refractivity contribution in [3.63, 3.8) is 0 Å². The molecule has 1 aromatic carbocycles. The number of rotatable bonds is 5. The Kier molecular flexibility index (Phi) is 7.23. The number of aliphatic hydroxyl groups is 1. The number of hydrogen-bond donors (Lipinski definition) is 2. The van der Waals surface area contributed by atoms with Gasteiger partial charge in [-0.1, -0.05) is 51.4 Å². The lowest BCUT2D eigenvalue weighted by atomic mass is 9.66. The Balaban J connectivity index is 2.17. The molecular formula is C22H33ClN2O4. The van der Waals surface area contributed by atoms with Crippen molar-refractivity contribution in [2.45, 2.75) is 65.7 Å². The van der Waals surface area contributed by atoms with Crippen LogP contribution < -0.4 is 5.32 Å². The quantitative estimate of drug-likeness (QED) is 0.750. The number of benzene rings is 1. The SMILES string of the molecule is CC(C)OC(=O)N[C@@H](C(=O)N1CC[C@](O)(c2ccc(Cl)cc2)C(C)(C)C1)C(C)C. The molecule has 0 unspecified atom stereocenters. The molecule has 1 heterocycles. The molecule has 2 rings (SSSR count). The molecule has 0 aromatic heterocycles. The van der Waals surface area contributed by atoms with Crippen LogP contribution in [0.1, 0.15) is 53.5 Å². The van der Waals surface area contributed by atoms with E-state index in [0.717, 1.165) is 5.56 Å². The van der Waals surface area contributed by atoms with Crippen LogP contribution in [0.25, 0.3) is 0 Å². The molecule has 0 radical (unpaired) electrons. The topological polar surface area (TPSA) is 78.9 Å². The van der Waals surface area contributed by atoms with Crippen LogP contribution in [0.5, 0.6) is 0 Å². The number of alkyl carbamates (subject to hydrolysis) is 1. The van der Waals surface area contributed by atoms with Gasteiger partial charge in [0.25, 0.3) is 0 Å². The zero-order chi connectivity index (χ0) is 22.0. The van der Waals surface area contributed by atoms with Gasteiger partial charge in [-0.05, 0) is 43.9 Å². The Morgan fingerprint density at radius 1 is 1.17 bits per heavy atom. The van der Waals surface area contributed by atoms with E-state index in [1.165, 1.54) is 0 Å². The number of nitrogens with one attached hydrogen (secondary N) is 1. The largest absolute Gasteiger partial charge is 0.447 e. The zero-order valence-corrected chi connectivity index (χ0v) is 18.9. The first-order valence-electron chi connectivity index (χ1n) is 10.1. The number of ether oxygens (including phenoxy) is 1. The molecule has 1 aliphatic rings. The van der Waals surface area contributed by atoms with Gasteiger partial charge in [-0.25, -0.2) is 4.79 Å². The molecule has 0 bridgehead atoms. The molecule has 2 N–H and O–H groups in total. The van der Waals surface area contributed by atoms with Crippen molar-refractivity contribution in [1.29, 1.82) is 0 Å². The summed E-state index contributed by atoms with van der Waals surface area (Å²) in [6, 6.07) is 6.52. The molecule has 2 amide bonds. The Bertz CT molecular complexity index is 733. The number of halogens is 1. The summed E-state index contributed by atoms with van der Waals surface area (Å²) < 4.78 is 5.14. The smallest absolute Gasteiger partial charge is 0.408 e. The normalized spacial score (nSPS) is 22.5. The third kappa shape index (κ3) is 5.23. The molecule has 0 saturated carbocycles. The lowest BCUT2D eigenvalue weighted by molar-refractivity contribution is -0.155. The van der Waals surface area contributed by atoms with Crippen LogP contribution in [0.2, 0.25) is 5.02 Å². The lowest BCUT2D eigenvalue weighted by Gasteiger charge is -2.51. The van der Waals surface area contributed by atoms with Crippen LogP contribution in [-0.4, -0.2) is 47.2 Å². The summed E-state index contributed by atoms with van der Waals surface area (Å²) in [5.74, 6) is -0.255. The summed E-state index contributed by atoms with van der Waals surface area (Å²) in [6.07, 6.45) is -0.462. The highest BCUT2D eigenvalue weighted by molar-refractivity contribution is 6.30. The van der Waals surface area contributed by atoms with Gasteiger partial charge in [-0.15, -0.1) is 0 Å². The molecule has 1 aromatic rings.